The lowest BCUT2D eigenvalue weighted by molar-refractivity contribution is -0.385. The molecule has 18 heavy (non-hydrogen) atoms. The molecule has 6 nitrogen and oxygen atoms in total. The summed E-state index contributed by atoms with van der Waals surface area (Å²) in [5.74, 6) is 1.20. The van der Waals surface area contributed by atoms with Gasteiger partial charge < -0.3 is 14.8 Å². The van der Waals surface area contributed by atoms with Crippen LogP contribution < -0.4 is 14.8 Å². The molecule has 1 aromatic rings. The molecule has 1 aromatic carbocycles. The van der Waals surface area contributed by atoms with Crippen molar-refractivity contribution in [2.75, 3.05) is 27.3 Å². The standard InChI is InChI=1S/C12H18N2O4/c1-9(7-13-2)8-18-12-6-10(14(15)16)4-5-11(12)17-3/h4-6,9,13H,7-8H2,1-3H3. The first kappa shape index (κ1) is 14.2. The lowest BCUT2D eigenvalue weighted by Crippen LogP contribution is -2.21. The van der Waals surface area contributed by atoms with E-state index >= 15 is 0 Å². The Morgan fingerprint density at radius 1 is 1.44 bits per heavy atom. The first-order valence-electron chi connectivity index (χ1n) is 5.68. The maximum atomic E-state index is 10.7. The van der Waals surface area contributed by atoms with Crippen LogP contribution in [0.4, 0.5) is 5.69 Å². The van der Waals surface area contributed by atoms with Crippen molar-refractivity contribution in [2.45, 2.75) is 6.92 Å². The summed E-state index contributed by atoms with van der Waals surface area (Å²) in [4.78, 5) is 10.2. The largest absolute Gasteiger partial charge is 0.493 e. The van der Waals surface area contributed by atoms with E-state index in [0.29, 0.717) is 24.0 Å². The minimum Gasteiger partial charge on any atom is -0.493 e. The predicted molar refractivity (Wildman–Crippen MR) is 68.2 cm³/mol. The molecular weight excluding hydrogens is 236 g/mol. The molecule has 0 radical (unpaired) electrons. The smallest absolute Gasteiger partial charge is 0.273 e. The van der Waals surface area contributed by atoms with Crippen molar-refractivity contribution in [3.05, 3.63) is 28.3 Å². The van der Waals surface area contributed by atoms with Crippen LogP contribution in [0.15, 0.2) is 18.2 Å². The van der Waals surface area contributed by atoms with E-state index < -0.39 is 4.92 Å². The molecular formula is C12H18N2O4. The van der Waals surface area contributed by atoms with Crippen LogP contribution in [0.5, 0.6) is 11.5 Å². The first-order valence-corrected chi connectivity index (χ1v) is 5.68. The molecule has 0 saturated carbocycles. The van der Waals surface area contributed by atoms with Gasteiger partial charge in [0.15, 0.2) is 11.5 Å². The lowest BCUT2D eigenvalue weighted by Gasteiger charge is -2.14. The third-order valence-corrected chi connectivity index (χ3v) is 2.43. The number of methoxy groups -OCH3 is 1. The number of hydrogen-bond donors (Lipinski definition) is 1. The van der Waals surface area contributed by atoms with E-state index in [4.69, 9.17) is 9.47 Å². The number of hydrogen-bond acceptors (Lipinski definition) is 5. The minimum atomic E-state index is -0.455. The van der Waals surface area contributed by atoms with Crippen LogP contribution in [0.1, 0.15) is 6.92 Å². The van der Waals surface area contributed by atoms with Gasteiger partial charge in [-0.15, -0.1) is 0 Å². The van der Waals surface area contributed by atoms with E-state index in [-0.39, 0.29) is 5.69 Å². The van der Waals surface area contributed by atoms with Crippen LogP contribution in [-0.2, 0) is 0 Å². The SMILES string of the molecule is CNCC(C)COc1cc([N+](=O)[O-])ccc1OC. The van der Waals surface area contributed by atoms with E-state index in [1.165, 1.54) is 25.3 Å². The fraction of sp³-hybridized carbons (Fsp3) is 0.500. The molecule has 0 aliphatic carbocycles. The molecule has 6 heteroatoms. The van der Waals surface area contributed by atoms with E-state index in [0.717, 1.165) is 6.54 Å². The van der Waals surface area contributed by atoms with Crippen molar-refractivity contribution in [1.82, 2.24) is 5.32 Å². The van der Waals surface area contributed by atoms with Gasteiger partial charge in [0.2, 0.25) is 0 Å². The third-order valence-electron chi connectivity index (χ3n) is 2.43. The average Bonchev–Trinajstić information content (AvgIpc) is 2.36. The molecule has 1 atom stereocenters. The number of nitrogens with zero attached hydrogens (tertiary/aromatic N) is 1. The van der Waals surface area contributed by atoms with E-state index in [1.807, 2.05) is 14.0 Å². The highest BCUT2D eigenvalue weighted by molar-refractivity contribution is 5.48. The van der Waals surface area contributed by atoms with Crippen LogP contribution in [0.25, 0.3) is 0 Å². The summed E-state index contributed by atoms with van der Waals surface area (Å²) >= 11 is 0. The van der Waals surface area contributed by atoms with Crippen LogP contribution in [0, 0.1) is 16.0 Å². The van der Waals surface area contributed by atoms with Gasteiger partial charge in [0.25, 0.3) is 5.69 Å². The first-order chi connectivity index (χ1) is 8.58. The highest BCUT2D eigenvalue weighted by Gasteiger charge is 2.13. The molecule has 0 aromatic heterocycles. The predicted octanol–water partition coefficient (Wildman–Crippen LogP) is 1.84. The van der Waals surface area contributed by atoms with Gasteiger partial charge in [-0.2, -0.15) is 0 Å². The van der Waals surface area contributed by atoms with Crippen molar-refractivity contribution in [3.8, 4) is 11.5 Å². The molecule has 1 N–H and O–H groups in total. The quantitative estimate of drug-likeness (QED) is 0.593. The second-order valence-electron chi connectivity index (χ2n) is 4.07. The number of nitro groups is 1. The average molecular weight is 254 g/mol. The molecule has 0 bridgehead atoms. The van der Waals surface area contributed by atoms with E-state index in [9.17, 15) is 10.1 Å². The maximum Gasteiger partial charge on any atom is 0.273 e. The Labute approximate surface area is 106 Å². The molecule has 0 fully saturated rings. The molecule has 0 aliphatic rings. The van der Waals surface area contributed by atoms with Crippen LogP contribution in [-0.4, -0.2) is 32.2 Å². The van der Waals surface area contributed by atoms with Crippen molar-refractivity contribution >= 4 is 5.69 Å². The van der Waals surface area contributed by atoms with Crippen LogP contribution >= 0.6 is 0 Å². The van der Waals surface area contributed by atoms with Crippen molar-refractivity contribution in [3.63, 3.8) is 0 Å². The normalized spacial score (nSPS) is 11.9. The Morgan fingerprint density at radius 3 is 2.72 bits per heavy atom. The molecule has 0 aliphatic heterocycles. The summed E-state index contributed by atoms with van der Waals surface area (Å²) in [7, 11) is 3.37. The second kappa shape index (κ2) is 6.80. The van der Waals surface area contributed by atoms with Crippen LogP contribution in [0.3, 0.4) is 0 Å². The number of nitro benzene ring substituents is 1. The summed E-state index contributed by atoms with van der Waals surface area (Å²) < 4.78 is 10.7. The maximum absolute atomic E-state index is 10.7. The molecule has 0 saturated heterocycles. The van der Waals surface area contributed by atoms with Gasteiger partial charge in [0.1, 0.15) is 0 Å². The van der Waals surface area contributed by atoms with E-state index in [1.54, 1.807) is 0 Å². The zero-order valence-electron chi connectivity index (χ0n) is 10.8. The summed E-state index contributed by atoms with van der Waals surface area (Å²) in [5.41, 5.74) is -0.00734. The minimum absolute atomic E-state index is 0.00734. The molecule has 1 rings (SSSR count). The summed E-state index contributed by atoms with van der Waals surface area (Å²) in [6.45, 7) is 3.32. The highest BCUT2D eigenvalue weighted by Crippen LogP contribution is 2.31. The molecule has 100 valence electrons. The Kier molecular flexibility index (Phi) is 5.38. The third kappa shape index (κ3) is 3.89. The fourth-order valence-corrected chi connectivity index (χ4v) is 1.53. The second-order valence-corrected chi connectivity index (χ2v) is 4.07. The molecule has 0 spiro atoms. The Hall–Kier alpha value is -1.82. The van der Waals surface area contributed by atoms with Crippen molar-refractivity contribution in [2.24, 2.45) is 5.92 Å². The number of non-ortho nitro benzene ring substituents is 1. The Bertz CT molecular complexity index is 409. The zero-order valence-corrected chi connectivity index (χ0v) is 10.8. The summed E-state index contributed by atoms with van der Waals surface area (Å²) in [5, 5.41) is 13.7. The summed E-state index contributed by atoms with van der Waals surface area (Å²) in [6.07, 6.45) is 0. The van der Waals surface area contributed by atoms with Gasteiger partial charge >= 0.3 is 0 Å². The van der Waals surface area contributed by atoms with Crippen molar-refractivity contribution in [1.29, 1.82) is 0 Å². The van der Waals surface area contributed by atoms with E-state index in [2.05, 4.69) is 5.32 Å². The Balaban J connectivity index is 2.78. The number of benzene rings is 1. The zero-order chi connectivity index (χ0) is 13.5. The number of rotatable bonds is 7. The molecule has 0 heterocycles. The van der Waals surface area contributed by atoms with Crippen LogP contribution in [0.2, 0.25) is 0 Å². The Morgan fingerprint density at radius 2 is 2.17 bits per heavy atom. The number of nitrogens with one attached hydrogen (secondary N) is 1. The van der Waals surface area contributed by atoms with Crippen molar-refractivity contribution < 1.29 is 14.4 Å². The van der Waals surface area contributed by atoms with Gasteiger partial charge in [-0.3, -0.25) is 10.1 Å². The summed E-state index contributed by atoms with van der Waals surface area (Å²) in [6, 6.07) is 4.31. The highest BCUT2D eigenvalue weighted by atomic mass is 16.6. The monoisotopic (exact) mass is 254 g/mol. The van der Waals surface area contributed by atoms with Gasteiger partial charge in [-0.25, -0.2) is 0 Å². The van der Waals surface area contributed by atoms with Gasteiger partial charge in [0, 0.05) is 18.5 Å². The van der Waals surface area contributed by atoms with Gasteiger partial charge in [-0.1, -0.05) is 6.92 Å². The topological polar surface area (TPSA) is 73.6 Å². The molecule has 1 unspecified atom stereocenters. The number of ether oxygens (including phenoxy) is 2. The molecule has 0 amide bonds. The van der Waals surface area contributed by atoms with Gasteiger partial charge in [-0.05, 0) is 13.1 Å². The van der Waals surface area contributed by atoms with Gasteiger partial charge in [0.05, 0.1) is 24.7 Å². The lowest BCUT2D eigenvalue weighted by atomic mass is 10.2. The fourth-order valence-electron chi connectivity index (χ4n) is 1.53.